The summed E-state index contributed by atoms with van der Waals surface area (Å²) in [5.41, 5.74) is 1.97. The number of carboxylic acid groups (broad SMARTS) is 1. The fourth-order valence-corrected chi connectivity index (χ4v) is 3.22. The van der Waals surface area contributed by atoms with E-state index in [2.05, 4.69) is 0 Å². The molecule has 1 saturated heterocycles. The topological polar surface area (TPSA) is 57.6 Å². The number of benzene rings is 1. The van der Waals surface area contributed by atoms with E-state index in [0.29, 0.717) is 4.91 Å². The Labute approximate surface area is 126 Å². The summed E-state index contributed by atoms with van der Waals surface area (Å²) >= 11 is 6.24. The van der Waals surface area contributed by atoms with Gasteiger partial charge in [-0.15, -0.1) is 0 Å². The zero-order valence-electron chi connectivity index (χ0n) is 11.0. The van der Waals surface area contributed by atoms with Crippen LogP contribution in [0.4, 0.5) is 0 Å². The van der Waals surface area contributed by atoms with E-state index in [1.807, 2.05) is 31.2 Å². The molecule has 1 aromatic rings. The van der Waals surface area contributed by atoms with Gasteiger partial charge in [0.2, 0.25) is 0 Å². The van der Waals surface area contributed by atoms with Gasteiger partial charge in [-0.3, -0.25) is 9.69 Å². The van der Waals surface area contributed by atoms with Gasteiger partial charge in [-0.05, 0) is 31.1 Å². The second-order valence-electron chi connectivity index (χ2n) is 4.42. The van der Waals surface area contributed by atoms with Crippen LogP contribution >= 0.6 is 24.0 Å². The standard InChI is InChI=1S/C14H13NO3S2/c1-8-5-3-4-6-10(8)7-11-12(16)15(14(19)20-11)9(2)13(17)18/h3-7,9H,1-2H3,(H,17,18)/b11-7-/t9-/m0/s1. The van der Waals surface area contributed by atoms with E-state index >= 15 is 0 Å². The minimum atomic E-state index is -1.07. The quantitative estimate of drug-likeness (QED) is 0.687. The molecule has 1 aliphatic heterocycles. The molecule has 1 amide bonds. The Balaban J connectivity index is 2.33. The van der Waals surface area contributed by atoms with E-state index in [1.165, 1.54) is 6.92 Å². The van der Waals surface area contributed by atoms with E-state index in [0.717, 1.165) is 27.8 Å². The third-order valence-electron chi connectivity index (χ3n) is 3.04. The van der Waals surface area contributed by atoms with Crippen LogP contribution in [0.5, 0.6) is 0 Å². The van der Waals surface area contributed by atoms with Crippen LogP contribution in [0.15, 0.2) is 29.2 Å². The molecule has 1 aromatic carbocycles. The van der Waals surface area contributed by atoms with Crippen molar-refractivity contribution in [2.24, 2.45) is 0 Å². The molecular formula is C14H13NO3S2. The van der Waals surface area contributed by atoms with Crippen molar-refractivity contribution < 1.29 is 14.7 Å². The molecule has 0 unspecified atom stereocenters. The molecule has 6 heteroatoms. The molecule has 1 N–H and O–H groups in total. The van der Waals surface area contributed by atoms with Crippen LogP contribution in [0, 0.1) is 6.92 Å². The summed E-state index contributed by atoms with van der Waals surface area (Å²) in [4.78, 5) is 24.9. The second kappa shape index (κ2) is 5.76. The number of rotatable bonds is 3. The fourth-order valence-electron chi connectivity index (χ4n) is 1.81. The van der Waals surface area contributed by atoms with E-state index < -0.39 is 12.0 Å². The van der Waals surface area contributed by atoms with Crippen LogP contribution in [0.2, 0.25) is 0 Å². The van der Waals surface area contributed by atoms with Crippen molar-refractivity contribution in [2.75, 3.05) is 0 Å². The monoisotopic (exact) mass is 307 g/mol. The minimum absolute atomic E-state index is 0.282. The number of thiocarbonyl (C=S) groups is 1. The first-order valence-electron chi connectivity index (χ1n) is 5.97. The first kappa shape index (κ1) is 14.7. The average molecular weight is 307 g/mol. The maximum atomic E-state index is 12.3. The minimum Gasteiger partial charge on any atom is -0.480 e. The first-order chi connectivity index (χ1) is 9.41. The Kier molecular flexibility index (Phi) is 4.25. The van der Waals surface area contributed by atoms with Gasteiger partial charge in [-0.2, -0.15) is 0 Å². The summed E-state index contributed by atoms with van der Waals surface area (Å²) in [6.45, 7) is 3.40. The predicted molar refractivity (Wildman–Crippen MR) is 83.3 cm³/mol. The highest BCUT2D eigenvalue weighted by molar-refractivity contribution is 8.26. The summed E-state index contributed by atoms with van der Waals surface area (Å²) in [6.07, 6.45) is 1.75. The van der Waals surface area contributed by atoms with Gasteiger partial charge in [0.05, 0.1) is 4.91 Å². The van der Waals surface area contributed by atoms with E-state index in [-0.39, 0.29) is 10.2 Å². The molecular weight excluding hydrogens is 294 g/mol. The molecule has 1 heterocycles. The van der Waals surface area contributed by atoms with Crippen molar-refractivity contribution in [1.29, 1.82) is 0 Å². The highest BCUT2D eigenvalue weighted by Crippen LogP contribution is 2.34. The Morgan fingerprint density at radius 2 is 2.10 bits per heavy atom. The largest absolute Gasteiger partial charge is 0.480 e. The molecule has 0 bridgehead atoms. The number of amides is 1. The Bertz CT molecular complexity index is 625. The number of thioether (sulfide) groups is 1. The number of aliphatic carboxylic acids is 1. The van der Waals surface area contributed by atoms with Gasteiger partial charge in [0.25, 0.3) is 5.91 Å². The SMILES string of the molecule is Cc1ccccc1/C=C1\SC(=S)N([C@@H](C)C(=O)O)C1=O. The van der Waals surface area contributed by atoms with Crippen LogP contribution in [-0.2, 0) is 9.59 Å². The van der Waals surface area contributed by atoms with Gasteiger partial charge in [0.15, 0.2) is 0 Å². The number of carbonyl (C=O) groups excluding carboxylic acids is 1. The number of hydrogen-bond acceptors (Lipinski definition) is 4. The molecule has 0 aliphatic carbocycles. The van der Waals surface area contributed by atoms with Gasteiger partial charge < -0.3 is 5.11 Å². The first-order valence-corrected chi connectivity index (χ1v) is 7.20. The van der Waals surface area contributed by atoms with Gasteiger partial charge in [0.1, 0.15) is 10.4 Å². The summed E-state index contributed by atoms with van der Waals surface area (Å²) in [6, 6.07) is 6.71. The summed E-state index contributed by atoms with van der Waals surface area (Å²) in [5, 5.41) is 9.02. The zero-order chi connectivity index (χ0) is 14.9. The molecule has 0 radical (unpaired) electrons. The van der Waals surface area contributed by atoms with Gasteiger partial charge in [-0.25, -0.2) is 4.79 Å². The van der Waals surface area contributed by atoms with Crippen LogP contribution in [0.3, 0.4) is 0 Å². The normalized spacial score (nSPS) is 18.7. The lowest BCUT2D eigenvalue weighted by Gasteiger charge is -2.18. The molecule has 1 fully saturated rings. The summed E-state index contributed by atoms with van der Waals surface area (Å²) in [5.74, 6) is -1.42. The van der Waals surface area contributed by atoms with Gasteiger partial charge >= 0.3 is 5.97 Å². The highest BCUT2D eigenvalue weighted by atomic mass is 32.2. The fraction of sp³-hybridized carbons (Fsp3) is 0.214. The third-order valence-corrected chi connectivity index (χ3v) is 4.37. The van der Waals surface area contributed by atoms with Crippen molar-refractivity contribution >= 4 is 46.3 Å². The average Bonchev–Trinajstić information content (AvgIpc) is 2.66. The number of carbonyl (C=O) groups is 2. The molecule has 20 heavy (non-hydrogen) atoms. The molecule has 1 atom stereocenters. The van der Waals surface area contributed by atoms with Crippen molar-refractivity contribution in [3.05, 3.63) is 40.3 Å². The predicted octanol–water partition coefficient (Wildman–Crippen LogP) is 2.67. The number of aryl methyl sites for hydroxylation is 1. The maximum Gasteiger partial charge on any atom is 0.326 e. The highest BCUT2D eigenvalue weighted by Gasteiger charge is 2.38. The van der Waals surface area contributed by atoms with E-state index in [4.69, 9.17) is 17.3 Å². The molecule has 0 spiro atoms. The molecule has 0 aromatic heterocycles. The lowest BCUT2D eigenvalue weighted by Crippen LogP contribution is -2.41. The number of nitrogens with zero attached hydrogens (tertiary/aromatic N) is 1. The van der Waals surface area contributed by atoms with Crippen molar-refractivity contribution in [3.63, 3.8) is 0 Å². The Morgan fingerprint density at radius 1 is 1.45 bits per heavy atom. The van der Waals surface area contributed by atoms with Gasteiger partial charge in [-0.1, -0.05) is 48.2 Å². The lowest BCUT2D eigenvalue weighted by molar-refractivity contribution is -0.144. The van der Waals surface area contributed by atoms with Crippen LogP contribution < -0.4 is 0 Å². The summed E-state index contributed by atoms with van der Waals surface area (Å²) < 4.78 is 0.282. The molecule has 0 saturated carbocycles. The third kappa shape index (κ3) is 2.76. The smallest absolute Gasteiger partial charge is 0.326 e. The van der Waals surface area contributed by atoms with E-state index in [9.17, 15) is 9.59 Å². The van der Waals surface area contributed by atoms with E-state index in [1.54, 1.807) is 6.08 Å². The van der Waals surface area contributed by atoms with Crippen molar-refractivity contribution in [1.82, 2.24) is 4.90 Å². The van der Waals surface area contributed by atoms with Crippen LogP contribution in [0.25, 0.3) is 6.08 Å². The van der Waals surface area contributed by atoms with Crippen molar-refractivity contribution in [3.8, 4) is 0 Å². The number of carboxylic acids is 1. The number of hydrogen-bond donors (Lipinski definition) is 1. The summed E-state index contributed by atoms with van der Waals surface area (Å²) in [7, 11) is 0. The molecule has 2 rings (SSSR count). The molecule has 1 aliphatic rings. The van der Waals surface area contributed by atoms with Crippen molar-refractivity contribution in [2.45, 2.75) is 19.9 Å². The van der Waals surface area contributed by atoms with Crippen LogP contribution in [0.1, 0.15) is 18.1 Å². The molecule has 104 valence electrons. The lowest BCUT2D eigenvalue weighted by atomic mass is 10.1. The zero-order valence-corrected chi connectivity index (χ0v) is 12.6. The molecule has 4 nitrogen and oxygen atoms in total. The maximum absolute atomic E-state index is 12.3. The van der Waals surface area contributed by atoms with Crippen LogP contribution in [-0.4, -0.2) is 32.2 Å². The van der Waals surface area contributed by atoms with Gasteiger partial charge in [0, 0.05) is 0 Å². The Hall–Kier alpha value is -1.66. The second-order valence-corrected chi connectivity index (χ2v) is 6.10. The Morgan fingerprint density at radius 3 is 2.70 bits per heavy atom.